The van der Waals surface area contributed by atoms with Crippen molar-refractivity contribution in [1.82, 2.24) is 20.3 Å². The third kappa shape index (κ3) is 4.32. The smallest absolute Gasteiger partial charge is 0.159 e. The van der Waals surface area contributed by atoms with Crippen molar-refractivity contribution in [1.29, 1.82) is 0 Å². The largest absolute Gasteiger partial charge is 0.485 e. The van der Waals surface area contributed by atoms with Crippen molar-refractivity contribution in [2.75, 3.05) is 12.3 Å². The maximum Gasteiger partial charge on any atom is 0.159 e. The Bertz CT molecular complexity index is 878. The summed E-state index contributed by atoms with van der Waals surface area (Å²) in [5.41, 5.74) is 6.71. The summed E-state index contributed by atoms with van der Waals surface area (Å²) in [5.74, 6) is 0.581. The minimum Gasteiger partial charge on any atom is -0.485 e. The summed E-state index contributed by atoms with van der Waals surface area (Å²) in [4.78, 5) is 4.32. The quantitative estimate of drug-likeness (QED) is 0.474. The second-order valence-corrected chi connectivity index (χ2v) is 7.94. The average molecular weight is 420 g/mol. The van der Waals surface area contributed by atoms with E-state index >= 15 is 0 Å². The lowest BCUT2D eigenvalue weighted by Gasteiger charge is -2.38. The second-order valence-electron chi connectivity index (χ2n) is 6.85. The lowest BCUT2D eigenvalue weighted by molar-refractivity contribution is -0.160. The first-order valence-corrected chi connectivity index (χ1v) is 10.3. The van der Waals surface area contributed by atoms with Crippen LogP contribution in [-0.4, -0.2) is 66.7 Å². The van der Waals surface area contributed by atoms with E-state index in [9.17, 15) is 10.2 Å². The number of benzene rings is 1. The monoisotopic (exact) mass is 420 g/mol. The van der Waals surface area contributed by atoms with Gasteiger partial charge in [-0.3, -0.25) is 4.99 Å². The third-order valence-corrected chi connectivity index (χ3v) is 5.88. The number of nitrogens with one attached hydrogen (secondary N) is 1. The number of aliphatic hydroxyl groups is 2. The first kappa shape index (κ1) is 20.0. The number of nitrogens with zero attached hydrogens (tertiary/aromatic N) is 4. The van der Waals surface area contributed by atoms with Crippen molar-refractivity contribution in [2.24, 2.45) is 4.99 Å². The SMILES string of the molecule is CCN=C1NC2C(OC(Cn3cc(COc4ccccc4N)nn3)C(O)C2O)S1. The van der Waals surface area contributed by atoms with Gasteiger partial charge in [0.15, 0.2) is 5.17 Å². The highest BCUT2D eigenvalue weighted by Crippen LogP contribution is 2.34. The van der Waals surface area contributed by atoms with Gasteiger partial charge in [0.2, 0.25) is 0 Å². The standard InChI is InChI=1S/C18H24N6O4S/c1-2-20-18-21-14-16(26)15(25)13(28-17(14)29-18)8-24-7-10(22-23-24)9-27-12-6-4-3-5-11(12)19/h3-7,13-17,25-26H,2,8-9,19H2,1H3,(H,20,21). The minimum absolute atomic E-state index is 0.215. The second kappa shape index (κ2) is 8.57. The molecule has 5 N–H and O–H groups in total. The van der Waals surface area contributed by atoms with Gasteiger partial charge >= 0.3 is 0 Å². The van der Waals surface area contributed by atoms with Gasteiger partial charge in [-0.15, -0.1) is 5.10 Å². The Balaban J connectivity index is 1.37. The number of nitrogens with two attached hydrogens (primary N) is 1. The molecule has 11 heteroatoms. The van der Waals surface area contributed by atoms with E-state index in [1.54, 1.807) is 23.0 Å². The molecule has 2 aromatic rings. The van der Waals surface area contributed by atoms with Crippen LogP contribution in [0.5, 0.6) is 5.75 Å². The summed E-state index contributed by atoms with van der Waals surface area (Å²) in [5, 5.41) is 33.0. The van der Waals surface area contributed by atoms with Crippen LogP contribution in [0.15, 0.2) is 35.5 Å². The fourth-order valence-electron chi connectivity index (χ4n) is 3.29. The Morgan fingerprint density at radius 2 is 2.17 bits per heavy atom. The van der Waals surface area contributed by atoms with Gasteiger partial charge in [-0.25, -0.2) is 4.68 Å². The molecule has 0 amide bonds. The highest BCUT2D eigenvalue weighted by atomic mass is 32.2. The molecule has 0 radical (unpaired) electrons. The van der Waals surface area contributed by atoms with Gasteiger partial charge in [0.1, 0.15) is 41.8 Å². The summed E-state index contributed by atoms with van der Waals surface area (Å²) in [6.45, 7) is 3.04. The Hall–Kier alpha value is -2.34. The highest BCUT2D eigenvalue weighted by molar-refractivity contribution is 8.14. The molecule has 5 unspecified atom stereocenters. The third-order valence-electron chi connectivity index (χ3n) is 4.77. The maximum atomic E-state index is 10.5. The number of ether oxygens (including phenoxy) is 2. The van der Waals surface area contributed by atoms with E-state index in [2.05, 4.69) is 20.6 Å². The minimum atomic E-state index is -1.06. The van der Waals surface area contributed by atoms with Gasteiger partial charge in [-0.05, 0) is 19.1 Å². The molecule has 10 nitrogen and oxygen atoms in total. The molecule has 5 atom stereocenters. The molecule has 0 bridgehead atoms. The van der Waals surface area contributed by atoms with Gasteiger partial charge in [0, 0.05) is 6.54 Å². The number of aromatic nitrogens is 3. The van der Waals surface area contributed by atoms with E-state index in [0.717, 1.165) is 5.17 Å². The lowest BCUT2D eigenvalue weighted by atomic mass is 9.98. The van der Waals surface area contributed by atoms with Crippen molar-refractivity contribution in [3.8, 4) is 5.75 Å². The fraction of sp³-hybridized carbons (Fsp3) is 0.500. The number of aliphatic imine (C=N–C) groups is 1. The summed E-state index contributed by atoms with van der Waals surface area (Å²) < 4.78 is 13.2. The van der Waals surface area contributed by atoms with Crippen LogP contribution in [0.2, 0.25) is 0 Å². The summed E-state index contributed by atoms with van der Waals surface area (Å²) in [6.07, 6.45) is -0.930. The van der Waals surface area contributed by atoms with Crippen molar-refractivity contribution in [2.45, 2.75) is 49.9 Å². The number of thioether (sulfide) groups is 1. The van der Waals surface area contributed by atoms with Crippen LogP contribution in [0.3, 0.4) is 0 Å². The number of hydrogen-bond acceptors (Lipinski definition) is 9. The molecule has 1 aromatic heterocycles. The van der Waals surface area contributed by atoms with Gasteiger partial charge < -0.3 is 30.7 Å². The van der Waals surface area contributed by atoms with Gasteiger partial charge in [-0.2, -0.15) is 0 Å². The van der Waals surface area contributed by atoms with Crippen molar-refractivity contribution >= 4 is 22.6 Å². The van der Waals surface area contributed by atoms with E-state index in [4.69, 9.17) is 15.2 Å². The Morgan fingerprint density at radius 3 is 2.97 bits per heavy atom. The predicted octanol–water partition coefficient (Wildman–Crippen LogP) is -0.0331. The van der Waals surface area contributed by atoms with Gasteiger partial charge in [0.25, 0.3) is 0 Å². The molecule has 2 aliphatic rings. The molecule has 0 aliphatic carbocycles. The lowest BCUT2D eigenvalue weighted by Crippen LogP contribution is -2.59. The Kier molecular flexibility index (Phi) is 5.90. The first-order valence-electron chi connectivity index (χ1n) is 9.40. The maximum absolute atomic E-state index is 10.5. The number of aliphatic hydroxyl groups excluding tert-OH is 2. The summed E-state index contributed by atoms with van der Waals surface area (Å²) in [7, 11) is 0. The molecule has 1 aromatic carbocycles. The average Bonchev–Trinajstić information content (AvgIpc) is 3.32. The Morgan fingerprint density at radius 1 is 1.34 bits per heavy atom. The van der Waals surface area contributed by atoms with Crippen LogP contribution >= 0.6 is 11.8 Å². The van der Waals surface area contributed by atoms with E-state index in [1.165, 1.54) is 11.8 Å². The van der Waals surface area contributed by atoms with Crippen molar-refractivity contribution in [3.63, 3.8) is 0 Å². The first-order chi connectivity index (χ1) is 14.0. The molecule has 2 fully saturated rings. The number of anilines is 1. The van der Waals surface area contributed by atoms with Crippen LogP contribution < -0.4 is 15.8 Å². The number of rotatable bonds is 6. The van der Waals surface area contributed by atoms with Crippen LogP contribution in [0.4, 0.5) is 5.69 Å². The molecule has 29 heavy (non-hydrogen) atoms. The van der Waals surface area contributed by atoms with Gasteiger partial charge in [0.05, 0.1) is 24.5 Å². The number of fused-ring (bicyclic) bond motifs is 1. The van der Waals surface area contributed by atoms with E-state index in [-0.39, 0.29) is 18.6 Å². The molecular weight excluding hydrogens is 396 g/mol. The highest BCUT2D eigenvalue weighted by Gasteiger charge is 2.49. The van der Waals surface area contributed by atoms with Crippen LogP contribution in [0.25, 0.3) is 0 Å². The van der Waals surface area contributed by atoms with Crippen LogP contribution in [0.1, 0.15) is 12.6 Å². The van der Waals surface area contributed by atoms with E-state index < -0.39 is 24.4 Å². The van der Waals surface area contributed by atoms with Crippen LogP contribution in [-0.2, 0) is 17.9 Å². The number of para-hydroxylation sites is 2. The molecule has 3 heterocycles. The normalized spacial score (nSPS) is 30.2. The topological polar surface area (TPSA) is 140 Å². The molecular formula is C18H24N6O4S. The zero-order valence-corrected chi connectivity index (χ0v) is 16.7. The molecule has 2 aliphatic heterocycles. The molecule has 0 saturated carbocycles. The molecule has 0 spiro atoms. The summed E-state index contributed by atoms with van der Waals surface area (Å²) >= 11 is 1.42. The fourth-order valence-corrected chi connectivity index (χ4v) is 4.49. The molecule has 4 rings (SSSR count). The zero-order chi connectivity index (χ0) is 20.4. The number of nitrogen functional groups attached to an aromatic ring is 1. The van der Waals surface area contributed by atoms with Crippen molar-refractivity contribution in [3.05, 3.63) is 36.2 Å². The number of amidine groups is 1. The zero-order valence-electron chi connectivity index (χ0n) is 15.9. The van der Waals surface area contributed by atoms with Crippen molar-refractivity contribution < 1.29 is 19.7 Å². The number of hydrogen-bond donors (Lipinski definition) is 4. The van der Waals surface area contributed by atoms with Crippen LogP contribution in [0, 0.1) is 0 Å². The van der Waals surface area contributed by atoms with E-state index in [1.807, 2.05) is 19.1 Å². The van der Waals surface area contributed by atoms with Gasteiger partial charge in [-0.1, -0.05) is 29.1 Å². The molecule has 156 valence electrons. The molecule has 2 saturated heterocycles. The van der Waals surface area contributed by atoms with E-state index in [0.29, 0.717) is 23.7 Å². The predicted molar refractivity (Wildman–Crippen MR) is 108 cm³/mol. The Labute approximate surface area is 172 Å². The summed E-state index contributed by atoms with van der Waals surface area (Å²) in [6, 6.07) is 6.83.